The number of hydrogen-bond donors (Lipinski definition) is 1. The van der Waals surface area contributed by atoms with E-state index in [1.165, 1.54) is 0 Å². The Labute approximate surface area is 104 Å². The first-order valence-corrected chi connectivity index (χ1v) is 6.55. The fourth-order valence-corrected chi connectivity index (χ4v) is 2.82. The summed E-state index contributed by atoms with van der Waals surface area (Å²) >= 11 is 1.65. The van der Waals surface area contributed by atoms with Crippen molar-refractivity contribution >= 4 is 11.3 Å². The largest absolute Gasteiger partial charge is 0.484 e. The summed E-state index contributed by atoms with van der Waals surface area (Å²) < 4.78 is 5.97. The van der Waals surface area contributed by atoms with Crippen LogP contribution in [0, 0.1) is 6.92 Å². The SMILES string of the molecule is Cc1nc(C2CC(N)c3ccccc3O2)cs1. The Morgan fingerprint density at radius 1 is 1.41 bits per heavy atom. The molecule has 17 heavy (non-hydrogen) atoms. The molecule has 3 rings (SSSR count). The minimum absolute atomic E-state index is 0.00940. The van der Waals surface area contributed by atoms with Gasteiger partial charge in [0.25, 0.3) is 0 Å². The van der Waals surface area contributed by atoms with Gasteiger partial charge in [-0.1, -0.05) is 18.2 Å². The Hall–Kier alpha value is -1.39. The van der Waals surface area contributed by atoms with Crippen LogP contribution < -0.4 is 10.5 Å². The highest BCUT2D eigenvalue weighted by molar-refractivity contribution is 7.09. The molecule has 2 atom stereocenters. The zero-order valence-electron chi connectivity index (χ0n) is 9.59. The summed E-state index contributed by atoms with van der Waals surface area (Å²) in [4.78, 5) is 4.48. The number of ether oxygens (including phenoxy) is 1. The monoisotopic (exact) mass is 246 g/mol. The third-order valence-corrected chi connectivity index (χ3v) is 3.81. The molecule has 0 fully saturated rings. The number of para-hydroxylation sites is 1. The molecule has 1 aliphatic heterocycles. The molecule has 0 saturated heterocycles. The lowest BCUT2D eigenvalue weighted by atomic mass is 9.96. The van der Waals surface area contributed by atoms with Crippen molar-refractivity contribution in [1.82, 2.24) is 4.98 Å². The molecule has 1 aliphatic rings. The average molecular weight is 246 g/mol. The second-order valence-corrected chi connectivity index (χ2v) is 5.34. The summed E-state index contributed by atoms with van der Waals surface area (Å²) in [6.45, 7) is 2.00. The number of fused-ring (bicyclic) bond motifs is 1. The summed E-state index contributed by atoms with van der Waals surface area (Å²) in [6, 6.07) is 8.01. The number of hydrogen-bond acceptors (Lipinski definition) is 4. The molecule has 0 spiro atoms. The molecule has 0 aliphatic carbocycles. The Morgan fingerprint density at radius 2 is 2.24 bits per heavy atom. The van der Waals surface area contributed by atoms with Crippen molar-refractivity contribution in [2.75, 3.05) is 0 Å². The molecule has 0 saturated carbocycles. The first-order chi connectivity index (χ1) is 8.24. The van der Waals surface area contributed by atoms with Crippen LogP contribution in [0.5, 0.6) is 5.75 Å². The van der Waals surface area contributed by atoms with Crippen LogP contribution >= 0.6 is 11.3 Å². The van der Waals surface area contributed by atoms with E-state index in [-0.39, 0.29) is 12.1 Å². The van der Waals surface area contributed by atoms with E-state index in [4.69, 9.17) is 10.5 Å². The van der Waals surface area contributed by atoms with E-state index in [2.05, 4.69) is 10.4 Å². The van der Waals surface area contributed by atoms with E-state index in [1.807, 2.05) is 31.2 Å². The quantitative estimate of drug-likeness (QED) is 0.841. The molecule has 2 unspecified atom stereocenters. The number of nitrogens with two attached hydrogens (primary N) is 1. The van der Waals surface area contributed by atoms with E-state index < -0.39 is 0 Å². The van der Waals surface area contributed by atoms with Crippen LogP contribution in [-0.4, -0.2) is 4.98 Å². The van der Waals surface area contributed by atoms with Gasteiger partial charge in [0, 0.05) is 23.4 Å². The first kappa shape index (κ1) is 10.7. The normalized spacial score (nSPS) is 22.9. The maximum atomic E-state index is 6.18. The second kappa shape index (κ2) is 4.13. The zero-order valence-corrected chi connectivity index (χ0v) is 10.4. The van der Waals surface area contributed by atoms with Gasteiger partial charge in [0.1, 0.15) is 11.9 Å². The summed E-state index contributed by atoms with van der Waals surface area (Å²) in [5, 5.41) is 3.12. The van der Waals surface area contributed by atoms with Crippen molar-refractivity contribution in [2.24, 2.45) is 5.73 Å². The minimum atomic E-state index is -0.00940. The van der Waals surface area contributed by atoms with Crippen LogP contribution in [0.4, 0.5) is 0 Å². The van der Waals surface area contributed by atoms with Gasteiger partial charge >= 0.3 is 0 Å². The third-order valence-electron chi connectivity index (χ3n) is 3.02. The Bertz CT molecular complexity index is 538. The number of aromatic nitrogens is 1. The lowest BCUT2D eigenvalue weighted by Gasteiger charge is -2.29. The van der Waals surface area contributed by atoms with E-state index >= 15 is 0 Å². The summed E-state index contributed by atoms with van der Waals surface area (Å²) in [7, 11) is 0. The highest BCUT2D eigenvalue weighted by atomic mass is 32.1. The molecule has 88 valence electrons. The number of thiazole rings is 1. The highest BCUT2D eigenvalue weighted by Gasteiger charge is 2.27. The smallest absolute Gasteiger partial charge is 0.143 e. The molecule has 2 heterocycles. The van der Waals surface area contributed by atoms with Crippen molar-refractivity contribution in [3.8, 4) is 5.75 Å². The molecule has 0 radical (unpaired) electrons. The molecule has 2 aromatic rings. The Kier molecular flexibility index (Phi) is 2.61. The summed E-state index contributed by atoms with van der Waals surface area (Å²) in [5.74, 6) is 0.891. The summed E-state index contributed by atoms with van der Waals surface area (Å²) in [5.41, 5.74) is 8.27. The fraction of sp³-hybridized carbons (Fsp3) is 0.308. The predicted octanol–water partition coefficient (Wildman–Crippen LogP) is 2.98. The molecular formula is C13H14N2OS. The maximum Gasteiger partial charge on any atom is 0.143 e. The standard InChI is InChI=1S/C13H14N2OS/c1-8-15-11(7-17-8)13-6-10(14)9-4-2-3-5-12(9)16-13/h2-5,7,10,13H,6,14H2,1H3. The van der Waals surface area contributed by atoms with E-state index in [1.54, 1.807) is 11.3 Å². The average Bonchev–Trinajstić information content (AvgIpc) is 2.76. The van der Waals surface area contributed by atoms with Gasteiger partial charge in [-0.15, -0.1) is 11.3 Å². The first-order valence-electron chi connectivity index (χ1n) is 5.67. The molecule has 1 aromatic carbocycles. The van der Waals surface area contributed by atoms with Gasteiger partial charge in [-0.2, -0.15) is 0 Å². The van der Waals surface area contributed by atoms with E-state index in [0.29, 0.717) is 0 Å². The number of benzene rings is 1. The van der Waals surface area contributed by atoms with Crippen molar-refractivity contribution in [1.29, 1.82) is 0 Å². The molecule has 3 nitrogen and oxygen atoms in total. The molecule has 0 bridgehead atoms. The lowest BCUT2D eigenvalue weighted by Crippen LogP contribution is -2.24. The van der Waals surface area contributed by atoms with Gasteiger partial charge in [-0.3, -0.25) is 0 Å². The van der Waals surface area contributed by atoms with E-state index in [0.717, 1.165) is 28.4 Å². The van der Waals surface area contributed by atoms with Crippen LogP contribution in [0.1, 0.15) is 34.8 Å². The Morgan fingerprint density at radius 3 is 3.00 bits per heavy atom. The highest BCUT2D eigenvalue weighted by Crippen LogP contribution is 2.39. The summed E-state index contributed by atoms with van der Waals surface area (Å²) in [6.07, 6.45) is 0.782. The zero-order chi connectivity index (χ0) is 11.8. The second-order valence-electron chi connectivity index (χ2n) is 4.28. The lowest BCUT2D eigenvalue weighted by molar-refractivity contribution is 0.158. The van der Waals surface area contributed by atoms with Gasteiger partial charge in [-0.05, 0) is 13.0 Å². The minimum Gasteiger partial charge on any atom is -0.484 e. The topological polar surface area (TPSA) is 48.1 Å². The molecule has 2 N–H and O–H groups in total. The third kappa shape index (κ3) is 1.94. The maximum absolute atomic E-state index is 6.18. The van der Waals surface area contributed by atoms with Gasteiger partial charge in [0.2, 0.25) is 0 Å². The van der Waals surface area contributed by atoms with Crippen molar-refractivity contribution < 1.29 is 4.74 Å². The number of aryl methyl sites for hydroxylation is 1. The molecule has 4 heteroatoms. The van der Waals surface area contributed by atoms with Crippen molar-refractivity contribution in [3.05, 3.63) is 45.9 Å². The van der Waals surface area contributed by atoms with Gasteiger partial charge in [-0.25, -0.2) is 4.98 Å². The molecule has 1 aromatic heterocycles. The van der Waals surface area contributed by atoms with E-state index in [9.17, 15) is 0 Å². The van der Waals surface area contributed by atoms with Crippen LogP contribution in [0.15, 0.2) is 29.6 Å². The van der Waals surface area contributed by atoms with Crippen LogP contribution in [-0.2, 0) is 0 Å². The van der Waals surface area contributed by atoms with Crippen molar-refractivity contribution in [2.45, 2.75) is 25.5 Å². The van der Waals surface area contributed by atoms with Crippen LogP contribution in [0.25, 0.3) is 0 Å². The Balaban J connectivity index is 1.93. The van der Waals surface area contributed by atoms with Crippen LogP contribution in [0.3, 0.4) is 0 Å². The van der Waals surface area contributed by atoms with Gasteiger partial charge < -0.3 is 10.5 Å². The van der Waals surface area contributed by atoms with Crippen molar-refractivity contribution in [3.63, 3.8) is 0 Å². The van der Waals surface area contributed by atoms with Gasteiger partial charge in [0.05, 0.1) is 10.7 Å². The predicted molar refractivity (Wildman–Crippen MR) is 68.2 cm³/mol. The molecular weight excluding hydrogens is 232 g/mol. The van der Waals surface area contributed by atoms with Crippen LogP contribution in [0.2, 0.25) is 0 Å². The fourth-order valence-electron chi connectivity index (χ4n) is 2.16. The number of rotatable bonds is 1. The molecule has 0 amide bonds. The van der Waals surface area contributed by atoms with Gasteiger partial charge in [0.15, 0.2) is 0 Å². The number of nitrogens with zero attached hydrogens (tertiary/aromatic N) is 1.